The fourth-order valence-electron chi connectivity index (χ4n) is 5.23. The zero-order valence-corrected chi connectivity index (χ0v) is 30.5. The molecule has 57 heavy (non-hydrogen) atoms. The first-order chi connectivity index (χ1) is 27.3. The molecule has 16 nitrogen and oxygen atoms in total. The van der Waals surface area contributed by atoms with Crippen molar-refractivity contribution < 1.29 is 38.6 Å². The molecule has 0 unspecified atom stereocenters. The molecule has 1 atom stereocenters. The van der Waals surface area contributed by atoms with E-state index in [4.69, 9.17) is 15.7 Å². The topological polar surface area (TPSA) is 255 Å². The van der Waals surface area contributed by atoms with Crippen molar-refractivity contribution in [3.05, 3.63) is 137 Å². The van der Waals surface area contributed by atoms with Gasteiger partial charge in [-0.15, -0.1) is 0 Å². The maximum absolute atomic E-state index is 13.3. The Balaban J connectivity index is 1.21. The van der Waals surface area contributed by atoms with E-state index >= 15 is 0 Å². The fourth-order valence-corrected chi connectivity index (χ4v) is 5.23. The lowest BCUT2D eigenvalue weighted by molar-refractivity contribution is -0.123. The number of hydrogen-bond acceptors (Lipinski definition) is 10. The Hall–Kier alpha value is -8.06. The molecule has 1 heterocycles. The third-order valence-electron chi connectivity index (χ3n) is 8.04. The standard InChI is InChI=1S/C41H36N8O8/c1-23(2)57-36-32(16-15-31(35(36)51)40(55)46-30-17-19-44-20-18-30)48-38(53)26-9-13-29(14-10-26)47-41(56)33(21-34(43)50)49-39(54)27-7-11-28(12-8-27)45-37(52)25-5-3-24(22-42)4-6-25/h3-20,23,33,51H,21H2,1-2H3,(H2,43,50)(H,45,52)(H,47,56)(H,48,53)(H,49,54)(H,44,46,55)/t33-/m0/s1. The van der Waals surface area contributed by atoms with Crippen LogP contribution in [0.15, 0.2) is 109 Å². The van der Waals surface area contributed by atoms with E-state index in [9.17, 15) is 33.9 Å². The van der Waals surface area contributed by atoms with Crippen molar-refractivity contribution in [2.75, 3.05) is 21.3 Å². The summed E-state index contributed by atoms with van der Waals surface area (Å²) in [6.07, 6.45) is 2.05. The molecule has 0 bridgehead atoms. The number of ether oxygens (including phenoxy) is 1. The number of carbonyl (C=O) groups is 6. The van der Waals surface area contributed by atoms with Crippen LogP contribution in [0.4, 0.5) is 22.7 Å². The molecule has 0 fully saturated rings. The number of aromatic hydroxyl groups is 1. The number of phenolic OH excluding ortho intramolecular Hbond substituents is 1. The van der Waals surface area contributed by atoms with E-state index < -0.39 is 59.8 Å². The van der Waals surface area contributed by atoms with Gasteiger partial charge in [0.1, 0.15) is 6.04 Å². The first-order valence-corrected chi connectivity index (χ1v) is 17.3. The van der Waals surface area contributed by atoms with Crippen LogP contribution in [0.1, 0.15) is 67.3 Å². The molecule has 288 valence electrons. The molecule has 4 aromatic carbocycles. The number of carbonyl (C=O) groups excluding carboxylic acids is 6. The van der Waals surface area contributed by atoms with Crippen molar-refractivity contribution in [2.45, 2.75) is 32.4 Å². The van der Waals surface area contributed by atoms with Crippen LogP contribution in [0.25, 0.3) is 0 Å². The number of benzene rings is 4. The van der Waals surface area contributed by atoms with Crippen LogP contribution in [0.5, 0.6) is 11.5 Å². The first kappa shape index (κ1) is 40.1. The minimum Gasteiger partial charge on any atom is -0.504 e. The number of rotatable bonds is 14. The molecule has 0 aliphatic rings. The second-order valence-electron chi connectivity index (χ2n) is 12.6. The number of nitrogens with one attached hydrogen (secondary N) is 5. The van der Waals surface area contributed by atoms with Crippen molar-refractivity contribution in [2.24, 2.45) is 5.73 Å². The Bertz CT molecular complexity index is 2340. The summed E-state index contributed by atoms with van der Waals surface area (Å²) in [5.74, 6) is -4.54. The minimum atomic E-state index is -1.37. The van der Waals surface area contributed by atoms with Crippen LogP contribution in [-0.4, -0.2) is 57.7 Å². The molecule has 6 amide bonds. The largest absolute Gasteiger partial charge is 0.504 e. The monoisotopic (exact) mass is 768 g/mol. The SMILES string of the molecule is CC(C)Oc1c(NC(=O)c2ccc(NC(=O)[C@H](CC(N)=O)NC(=O)c3ccc(NC(=O)c4ccc(C#N)cc4)cc3)cc2)ccc(C(=O)Nc2ccncc2)c1O. The van der Waals surface area contributed by atoms with Gasteiger partial charge >= 0.3 is 0 Å². The van der Waals surface area contributed by atoms with Gasteiger partial charge in [-0.25, -0.2) is 0 Å². The first-order valence-electron chi connectivity index (χ1n) is 17.3. The van der Waals surface area contributed by atoms with Crippen molar-refractivity contribution in [3.8, 4) is 17.6 Å². The van der Waals surface area contributed by atoms with Crippen molar-refractivity contribution in [1.82, 2.24) is 10.3 Å². The maximum Gasteiger partial charge on any atom is 0.259 e. The van der Waals surface area contributed by atoms with Crippen molar-refractivity contribution >= 4 is 58.2 Å². The number of aromatic nitrogens is 1. The van der Waals surface area contributed by atoms with Gasteiger partial charge in [0.25, 0.3) is 23.6 Å². The zero-order valence-electron chi connectivity index (χ0n) is 30.5. The summed E-state index contributed by atoms with van der Waals surface area (Å²) in [6, 6.07) is 24.1. The number of nitrogens with zero attached hydrogens (tertiary/aromatic N) is 2. The predicted molar refractivity (Wildman–Crippen MR) is 210 cm³/mol. The summed E-state index contributed by atoms with van der Waals surface area (Å²) in [6.45, 7) is 3.42. The molecular formula is C41H36N8O8. The second-order valence-corrected chi connectivity index (χ2v) is 12.6. The van der Waals surface area contributed by atoms with E-state index in [1.54, 1.807) is 26.0 Å². The van der Waals surface area contributed by atoms with Crippen LogP contribution in [0.2, 0.25) is 0 Å². The summed E-state index contributed by atoms with van der Waals surface area (Å²) in [4.78, 5) is 80.7. The number of phenols is 1. The van der Waals surface area contributed by atoms with E-state index in [1.807, 2.05) is 6.07 Å². The Morgan fingerprint density at radius 3 is 1.75 bits per heavy atom. The zero-order chi connectivity index (χ0) is 41.1. The quantitative estimate of drug-likeness (QED) is 0.0811. The van der Waals surface area contributed by atoms with Crippen LogP contribution in [0, 0.1) is 11.3 Å². The van der Waals surface area contributed by atoms with Crippen LogP contribution >= 0.6 is 0 Å². The highest BCUT2D eigenvalue weighted by Gasteiger charge is 2.25. The van der Waals surface area contributed by atoms with E-state index in [-0.39, 0.29) is 33.8 Å². The Morgan fingerprint density at radius 2 is 1.19 bits per heavy atom. The highest BCUT2D eigenvalue weighted by Crippen LogP contribution is 2.39. The molecule has 0 saturated heterocycles. The Kier molecular flexibility index (Phi) is 12.9. The summed E-state index contributed by atoms with van der Waals surface area (Å²) in [7, 11) is 0. The number of primary amides is 1. The number of hydrogen-bond donors (Lipinski definition) is 7. The predicted octanol–water partition coefficient (Wildman–Crippen LogP) is 4.82. The molecule has 0 spiro atoms. The number of amides is 6. The van der Waals surface area contributed by atoms with Crippen molar-refractivity contribution in [3.63, 3.8) is 0 Å². The lowest BCUT2D eigenvalue weighted by Crippen LogP contribution is -2.46. The van der Waals surface area contributed by atoms with Crippen LogP contribution in [-0.2, 0) is 9.59 Å². The molecule has 0 aliphatic carbocycles. The number of pyridine rings is 1. The van der Waals surface area contributed by atoms with Gasteiger partial charge in [0.15, 0.2) is 11.5 Å². The molecule has 0 radical (unpaired) electrons. The van der Waals surface area contributed by atoms with Gasteiger partial charge in [-0.3, -0.25) is 33.8 Å². The van der Waals surface area contributed by atoms with E-state index in [2.05, 4.69) is 31.6 Å². The molecule has 0 saturated carbocycles. The second kappa shape index (κ2) is 18.3. The summed E-state index contributed by atoms with van der Waals surface area (Å²) in [5.41, 5.74) is 7.46. The minimum absolute atomic E-state index is 0.0911. The fraction of sp³-hybridized carbons (Fsp3) is 0.122. The summed E-state index contributed by atoms with van der Waals surface area (Å²) in [5, 5.41) is 33.1. The van der Waals surface area contributed by atoms with Crippen LogP contribution in [0.3, 0.4) is 0 Å². The number of nitrogens with two attached hydrogens (primary N) is 1. The molecule has 0 aliphatic heterocycles. The van der Waals surface area contributed by atoms with Crippen molar-refractivity contribution in [1.29, 1.82) is 5.26 Å². The summed E-state index contributed by atoms with van der Waals surface area (Å²) < 4.78 is 5.77. The van der Waals surface area contributed by atoms with Gasteiger partial charge in [0, 0.05) is 46.1 Å². The van der Waals surface area contributed by atoms with Gasteiger partial charge in [0.05, 0.1) is 35.4 Å². The Morgan fingerprint density at radius 1 is 0.684 bits per heavy atom. The third-order valence-corrected chi connectivity index (χ3v) is 8.04. The summed E-state index contributed by atoms with van der Waals surface area (Å²) >= 11 is 0. The van der Waals surface area contributed by atoms with E-state index in [0.717, 1.165) is 0 Å². The Labute approximate surface area is 326 Å². The molecule has 5 aromatic rings. The molecule has 1 aromatic heterocycles. The van der Waals surface area contributed by atoms with Gasteiger partial charge in [0.2, 0.25) is 11.8 Å². The van der Waals surface area contributed by atoms with Gasteiger partial charge in [-0.1, -0.05) is 0 Å². The normalized spacial score (nSPS) is 11.0. The average Bonchev–Trinajstić information content (AvgIpc) is 3.19. The average molecular weight is 769 g/mol. The molecule has 8 N–H and O–H groups in total. The maximum atomic E-state index is 13.3. The van der Waals surface area contributed by atoms with Gasteiger partial charge < -0.3 is 42.2 Å². The van der Waals surface area contributed by atoms with E-state index in [0.29, 0.717) is 22.5 Å². The smallest absolute Gasteiger partial charge is 0.259 e. The van der Waals surface area contributed by atoms with Gasteiger partial charge in [-0.05, 0) is 111 Å². The van der Waals surface area contributed by atoms with E-state index in [1.165, 1.54) is 97.3 Å². The van der Waals surface area contributed by atoms with Gasteiger partial charge in [-0.2, -0.15) is 5.26 Å². The third kappa shape index (κ3) is 10.8. The highest BCUT2D eigenvalue weighted by molar-refractivity contribution is 6.10. The number of nitriles is 1. The molecular weight excluding hydrogens is 732 g/mol. The molecule has 16 heteroatoms. The van der Waals surface area contributed by atoms with Crippen LogP contribution < -0.4 is 37.1 Å². The molecule has 5 rings (SSSR count). The highest BCUT2D eigenvalue weighted by atomic mass is 16.5. The lowest BCUT2D eigenvalue weighted by Gasteiger charge is -2.19. The lowest BCUT2D eigenvalue weighted by atomic mass is 10.1. The number of anilines is 4.